The van der Waals surface area contributed by atoms with E-state index in [4.69, 9.17) is 16.3 Å². The zero-order chi connectivity index (χ0) is 16.5. The van der Waals surface area contributed by atoms with E-state index in [0.717, 1.165) is 46.9 Å². The molecule has 124 valence electrons. The fourth-order valence-corrected chi connectivity index (χ4v) is 2.80. The van der Waals surface area contributed by atoms with Gasteiger partial charge >= 0.3 is 0 Å². The lowest BCUT2D eigenvalue weighted by atomic mass is 10.2. The summed E-state index contributed by atoms with van der Waals surface area (Å²) in [5, 5.41) is 7.31. The van der Waals surface area contributed by atoms with Gasteiger partial charge in [0.25, 0.3) is 0 Å². The standard InChI is InChI=1S/C18H22BrClN2O/c1-21-9-2-10-22-12-15-5-8-18(17(19)11-15)23-13-14-3-6-16(20)7-4-14/h3-8,11,21-22H,2,9-10,12-13H2,1H3. The largest absolute Gasteiger partial charge is 0.488 e. The predicted molar refractivity (Wildman–Crippen MR) is 100 cm³/mol. The van der Waals surface area contributed by atoms with Crippen molar-refractivity contribution in [2.75, 3.05) is 20.1 Å². The first-order chi connectivity index (χ1) is 11.2. The second-order valence-corrected chi connectivity index (χ2v) is 6.60. The fourth-order valence-electron chi connectivity index (χ4n) is 2.14. The van der Waals surface area contributed by atoms with Gasteiger partial charge in [-0.25, -0.2) is 0 Å². The van der Waals surface area contributed by atoms with Crippen LogP contribution in [0.25, 0.3) is 0 Å². The monoisotopic (exact) mass is 396 g/mol. The number of benzene rings is 2. The Labute approximate surface area is 151 Å². The molecule has 0 unspecified atom stereocenters. The molecule has 2 N–H and O–H groups in total. The van der Waals surface area contributed by atoms with Crippen molar-refractivity contribution in [1.82, 2.24) is 10.6 Å². The molecule has 23 heavy (non-hydrogen) atoms. The van der Waals surface area contributed by atoms with Gasteiger partial charge in [-0.2, -0.15) is 0 Å². The van der Waals surface area contributed by atoms with Crippen LogP contribution < -0.4 is 15.4 Å². The van der Waals surface area contributed by atoms with Gasteiger partial charge in [0, 0.05) is 11.6 Å². The summed E-state index contributed by atoms with van der Waals surface area (Å²) >= 11 is 9.47. The molecule has 0 saturated heterocycles. The number of hydrogen-bond donors (Lipinski definition) is 2. The van der Waals surface area contributed by atoms with Crippen molar-refractivity contribution >= 4 is 27.5 Å². The molecule has 0 spiro atoms. The van der Waals surface area contributed by atoms with Crippen LogP contribution in [0, 0.1) is 0 Å². The maximum atomic E-state index is 5.88. The van der Waals surface area contributed by atoms with E-state index in [9.17, 15) is 0 Å². The van der Waals surface area contributed by atoms with Crippen molar-refractivity contribution in [2.24, 2.45) is 0 Å². The second-order valence-electron chi connectivity index (χ2n) is 5.31. The van der Waals surface area contributed by atoms with Crippen molar-refractivity contribution in [2.45, 2.75) is 19.6 Å². The maximum Gasteiger partial charge on any atom is 0.134 e. The van der Waals surface area contributed by atoms with Crippen LogP contribution >= 0.6 is 27.5 Å². The first kappa shape index (κ1) is 18.3. The Bertz CT molecular complexity index is 604. The normalized spacial score (nSPS) is 10.7. The van der Waals surface area contributed by atoms with Crippen molar-refractivity contribution < 1.29 is 4.74 Å². The van der Waals surface area contributed by atoms with Gasteiger partial charge in [0.05, 0.1) is 4.47 Å². The minimum atomic E-state index is 0.525. The molecule has 5 heteroatoms. The van der Waals surface area contributed by atoms with Crippen LogP contribution in [-0.4, -0.2) is 20.1 Å². The quantitative estimate of drug-likeness (QED) is 0.616. The molecule has 3 nitrogen and oxygen atoms in total. The summed E-state index contributed by atoms with van der Waals surface area (Å²) in [5.74, 6) is 0.846. The Hall–Kier alpha value is -1.07. The molecule has 0 saturated carbocycles. The Morgan fingerprint density at radius 3 is 2.48 bits per heavy atom. The van der Waals surface area contributed by atoms with Crippen LogP contribution in [0.4, 0.5) is 0 Å². The van der Waals surface area contributed by atoms with Crippen molar-refractivity contribution in [3.63, 3.8) is 0 Å². The van der Waals surface area contributed by atoms with E-state index in [1.807, 2.05) is 37.4 Å². The summed E-state index contributed by atoms with van der Waals surface area (Å²) in [7, 11) is 1.97. The second kappa shape index (κ2) is 9.93. The van der Waals surface area contributed by atoms with Gasteiger partial charge in [0.15, 0.2) is 0 Å². The third-order valence-corrected chi connectivity index (χ3v) is 4.29. The van der Waals surface area contributed by atoms with Gasteiger partial charge in [-0.1, -0.05) is 29.8 Å². The fraction of sp³-hybridized carbons (Fsp3) is 0.333. The van der Waals surface area contributed by atoms with Crippen LogP contribution in [-0.2, 0) is 13.2 Å². The lowest BCUT2D eigenvalue weighted by Crippen LogP contribution is -2.19. The molecule has 0 heterocycles. The van der Waals surface area contributed by atoms with Crippen LogP contribution in [0.1, 0.15) is 17.5 Å². The van der Waals surface area contributed by atoms with Crippen molar-refractivity contribution in [1.29, 1.82) is 0 Å². The Balaban J connectivity index is 1.82. The number of ether oxygens (including phenoxy) is 1. The van der Waals surface area contributed by atoms with Gasteiger partial charge in [0.1, 0.15) is 12.4 Å². The lowest BCUT2D eigenvalue weighted by Gasteiger charge is -2.11. The highest BCUT2D eigenvalue weighted by Crippen LogP contribution is 2.27. The molecular formula is C18H22BrClN2O. The minimum absolute atomic E-state index is 0.525. The van der Waals surface area contributed by atoms with E-state index < -0.39 is 0 Å². The molecule has 0 aromatic heterocycles. The van der Waals surface area contributed by atoms with Gasteiger partial charge in [0.2, 0.25) is 0 Å². The SMILES string of the molecule is CNCCCNCc1ccc(OCc2ccc(Cl)cc2)c(Br)c1. The molecule has 0 fully saturated rings. The molecule has 2 rings (SSSR count). The summed E-state index contributed by atoms with van der Waals surface area (Å²) < 4.78 is 6.83. The summed E-state index contributed by atoms with van der Waals surface area (Å²) in [6.45, 7) is 3.43. The molecule has 0 bridgehead atoms. The third kappa shape index (κ3) is 6.51. The maximum absolute atomic E-state index is 5.88. The zero-order valence-corrected chi connectivity index (χ0v) is 15.6. The van der Waals surface area contributed by atoms with E-state index in [0.29, 0.717) is 6.61 Å². The average Bonchev–Trinajstić information content (AvgIpc) is 2.55. The van der Waals surface area contributed by atoms with Gasteiger partial charge < -0.3 is 15.4 Å². The zero-order valence-electron chi connectivity index (χ0n) is 13.2. The number of halogens is 2. The van der Waals surface area contributed by atoms with E-state index in [1.165, 1.54) is 5.56 Å². The van der Waals surface area contributed by atoms with E-state index in [-0.39, 0.29) is 0 Å². The smallest absolute Gasteiger partial charge is 0.134 e. The number of nitrogens with one attached hydrogen (secondary N) is 2. The first-order valence-electron chi connectivity index (χ1n) is 7.70. The highest BCUT2D eigenvalue weighted by atomic mass is 79.9. The Morgan fingerprint density at radius 2 is 1.78 bits per heavy atom. The van der Waals surface area contributed by atoms with E-state index in [2.05, 4.69) is 38.7 Å². The van der Waals surface area contributed by atoms with Crippen LogP contribution in [0.3, 0.4) is 0 Å². The summed E-state index contributed by atoms with van der Waals surface area (Å²) in [5.41, 5.74) is 2.33. The van der Waals surface area contributed by atoms with Gasteiger partial charge in [-0.05, 0) is 77.9 Å². The van der Waals surface area contributed by atoms with Crippen molar-refractivity contribution in [3.05, 3.63) is 63.1 Å². The third-order valence-electron chi connectivity index (χ3n) is 3.41. The van der Waals surface area contributed by atoms with Gasteiger partial charge in [-0.3, -0.25) is 0 Å². The molecule has 0 atom stereocenters. The number of hydrogen-bond acceptors (Lipinski definition) is 3. The number of rotatable bonds is 9. The molecular weight excluding hydrogens is 376 g/mol. The van der Waals surface area contributed by atoms with Gasteiger partial charge in [-0.15, -0.1) is 0 Å². The lowest BCUT2D eigenvalue weighted by molar-refractivity contribution is 0.304. The first-order valence-corrected chi connectivity index (χ1v) is 8.87. The average molecular weight is 398 g/mol. The molecule has 0 radical (unpaired) electrons. The Kier molecular flexibility index (Phi) is 7.89. The van der Waals surface area contributed by atoms with Crippen LogP contribution in [0.15, 0.2) is 46.9 Å². The van der Waals surface area contributed by atoms with Crippen LogP contribution in [0.2, 0.25) is 5.02 Å². The highest BCUT2D eigenvalue weighted by molar-refractivity contribution is 9.10. The topological polar surface area (TPSA) is 33.3 Å². The molecule has 0 aliphatic carbocycles. The predicted octanol–water partition coefficient (Wildman–Crippen LogP) is 4.38. The minimum Gasteiger partial charge on any atom is -0.488 e. The summed E-state index contributed by atoms with van der Waals surface area (Å²) in [6, 6.07) is 13.9. The summed E-state index contributed by atoms with van der Waals surface area (Å²) in [4.78, 5) is 0. The summed E-state index contributed by atoms with van der Waals surface area (Å²) in [6.07, 6.45) is 1.12. The molecule has 0 amide bonds. The molecule has 0 aliphatic heterocycles. The van der Waals surface area contributed by atoms with Crippen LogP contribution in [0.5, 0.6) is 5.75 Å². The highest BCUT2D eigenvalue weighted by Gasteiger charge is 2.04. The molecule has 2 aromatic rings. The van der Waals surface area contributed by atoms with Crippen molar-refractivity contribution in [3.8, 4) is 5.75 Å². The Morgan fingerprint density at radius 1 is 1.04 bits per heavy atom. The van der Waals surface area contributed by atoms with E-state index >= 15 is 0 Å². The molecule has 2 aromatic carbocycles. The van der Waals surface area contributed by atoms with E-state index in [1.54, 1.807) is 0 Å². The molecule has 0 aliphatic rings.